The molecular formula is C11H13N3O2. The lowest BCUT2D eigenvalue weighted by atomic mass is 10.1. The summed E-state index contributed by atoms with van der Waals surface area (Å²) in [5.41, 5.74) is 2.57. The molecule has 0 amide bonds. The van der Waals surface area contributed by atoms with Crippen LogP contribution in [0.3, 0.4) is 0 Å². The molecule has 5 nitrogen and oxygen atoms in total. The predicted octanol–water partition coefficient (Wildman–Crippen LogP) is 0.187. The normalized spacial score (nSPS) is 10.8. The topological polar surface area (TPSA) is 77.8 Å². The fraction of sp³-hybridized carbons (Fsp3) is 0.273. The van der Waals surface area contributed by atoms with Gasteiger partial charge in [-0.05, 0) is 30.7 Å². The molecular weight excluding hydrogens is 206 g/mol. The molecule has 84 valence electrons. The van der Waals surface area contributed by atoms with Crippen LogP contribution in [0.15, 0.2) is 23.0 Å². The first-order valence-corrected chi connectivity index (χ1v) is 5.15. The van der Waals surface area contributed by atoms with E-state index in [0.29, 0.717) is 6.54 Å². The Bertz CT molecular complexity index is 541. The van der Waals surface area contributed by atoms with Gasteiger partial charge < -0.3 is 20.1 Å². The lowest BCUT2D eigenvalue weighted by Gasteiger charge is -2.01. The predicted molar refractivity (Wildman–Crippen MR) is 61.6 cm³/mol. The maximum Gasteiger partial charge on any atom is 0.323 e. The van der Waals surface area contributed by atoms with E-state index < -0.39 is 0 Å². The Balaban J connectivity index is 2.07. The second-order valence-electron chi connectivity index (χ2n) is 3.58. The third-order valence-electron chi connectivity index (χ3n) is 2.40. The summed E-state index contributed by atoms with van der Waals surface area (Å²) in [5, 5.41) is 2.99. The van der Waals surface area contributed by atoms with Crippen molar-refractivity contribution < 1.29 is 4.79 Å². The zero-order chi connectivity index (χ0) is 11.4. The molecule has 2 aromatic rings. The molecule has 16 heavy (non-hydrogen) atoms. The van der Waals surface area contributed by atoms with Crippen LogP contribution < -0.4 is 11.0 Å². The first-order valence-electron chi connectivity index (χ1n) is 5.15. The Labute approximate surface area is 91.9 Å². The van der Waals surface area contributed by atoms with Crippen LogP contribution in [0, 0.1) is 0 Å². The van der Waals surface area contributed by atoms with Crippen molar-refractivity contribution in [1.29, 1.82) is 0 Å². The Kier molecular flexibility index (Phi) is 3.16. The molecule has 0 bridgehead atoms. The summed E-state index contributed by atoms with van der Waals surface area (Å²) >= 11 is 0. The monoisotopic (exact) mass is 219 g/mol. The number of rotatable bonds is 5. The van der Waals surface area contributed by atoms with E-state index >= 15 is 0 Å². The second-order valence-corrected chi connectivity index (χ2v) is 3.58. The van der Waals surface area contributed by atoms with Gasteiger partial charge >= 0.3 is 5.69 Å². The van der Waals surface area contributed by atoms with Crippen molar-refractivity contribution in [3.8, 4) is 0 Å². The van der Waals surface area contributed by atoms with Gasteiger partial charge in [-0.3, -0.25) is 0 Å². The van der Waals surface area contributed by atoms with Gasteiger partial charge in [0.2, 0.25) is 0 Å². The molecule has 0 aliphatic heterocycles. The van der Waals surface area contributed by atoms with Crippen molar-refractivity contribution in [2.45, 2.75) is 6.42 Å². The summed E-state index contributed by atoms with van der Waals surface area (Å²) < 4.78 is 0. The highest BCUT2D eigenvalue weighted by Crippen LogP contribution is 2.10. The average molecular weight is 219 g/mol. The van der Waals surface area contributed by atoms with Gasteiger partial charge in [0.15, 0.2) is 0 Å². The molecule has 3 N–H and O–H groups in total. The number of benzene rings is 1. The molecule has 0 aliphatic rings. The van der Waals surface area contributed by atoms with Crippen LogP contribution in [-0.4, -0.2) is 29.3 Å². The van der Waals surface area contributed by atoms with Crippen molar-refractivity contribution in [2.24, 2.45) is 0 Å². The lowest BCUT2D eigenvalue weighted by molar-refractivity contribution is -0.107. The Morgan fingerprint density at radius 3 is 2.88 bits per heavy atom. The fourth-order valence-electron chi connectivity index (χ4n) is 1.63. The van der Waals surface area contributed by atoms with Crippen LogP contribution in [0.25, 0.3) is 11.0 Å². The number of carbonyl (C=O) groups is 1. The number of H-pyrrole nitrogens is 2. The van der Waals surface area contributed by atoms with Gasteiger partial charge in [-0.2, -0.15) is 0 Å². The molecule has 1 heterocycles. The Morgan fingerprint density at radius 1 is 1.25 bits per heavy atom. The minimum Gasteiger partial charge on any atom is -0.310 e. The number of imidazole rings is 1. The average Bonchev–Trinajstić information content (AvgIpc) is 2.64. The first kappa shape index (κ1) is 10.6. The highest BCUT2D eigenvalue weighted by Gasteiger charge is 1.99. The fourth-order valence-corrected chi connectivity index (χ4v) is 1.63. The van der Waals surface area contributed by atoms with Crippen LogP contribution in [-0.2, 0) is 11.2 Å². The van der Waals surface area contributed by atoms with E-state index in [0.717, 1.165) is 35.8 Å². The Hall–Kier alpha value is -1.88. The summed E-state index contributed by atoms with van der Waals surface area (Å²) in [6, 6.07) is 5.78. The molecule has 0 fully saturated rings. The van der Waals surface area contributed by atoms with E-state index in [4.69, 9.17) is 0 Å². The van der Waals surface area contributed by atoms with Crippen molar-refractivity contribution in [1.82, 2.24) is 15.3 Å². The highest BCUT2D eigenvalue weighted by atomic mass is 16.1. The molecule has 1 aromatic carbocycles. The largest absolute Gasteiger partial charge is 0.323 e. The third-order valence-corrected chi connectivity index (χ3v) is 2.40. The second kappa shape index (κ2) is 4.76. The van der Waals surface area contributed by atoms with Crippen molar-refractivity contribution in [2.75, 3.05) is 13.1 Å². The number of nitrogens with one attached hydrogen (secondary N) is 3. The molecule has 0 unspecified atom stereocenters. The van der Waals surface area contributed by atoms with E-state index in [1.807, 2.05) is 18.2 Å². The van der Waals surface area contributed by atoms with Gasteiger partial charge in [-0.25, -0.2) is 4.79 Å². The van der Waals surface area contributed by atoms with E-state index in [1.54, 1.807) is 0 Å². The summed E-state index contributed by atoms with van der Waals surface area (Å²) in [5.74, 6) is 0. The molecule has 0 saturated carbocycles. The van der Waals surface area contributed by atoms with E-state index in [1.165, 1.54) is 0 Å². The molecule has 0 saturated heterocycles. The maximum atomic E-state index is 11.0. The summed E-state index contributed by atoms with van der Waals surface area (Å²) in [6.07, 6.45) is 1.67. The summed E-state index contributed by atoms with van der Waals surface area (Å²) in [7, 11) is 0. The molecule has 1 aromatic heterocycles. The van der Waals surface area contributed by atoms with Crippen molar-refractivity contribution in [3.05, 3.63) is 34.2 Å². The number of fused-ring (bicyclic) bond motifs is 1. The minimum atomic E-state index is -0.189. The SMILES string of the molecule is O=CCNCCc1ccc2[nH]c(=O)[nH]c2c1. The highest BCUT2D eigenvalue weighted by molar-refractivity contribution is 5.74. The third kappa shape index (κ3) is 2.38. The zero-order valence-corrected chi connectivity index (χ0v) is 8.75. The van der Waals surface area contributed by atoms with Gasteiger partial charge in [0.1, 0.15) is 6.29 Å². The van der Waals surface area contributed by atoms with Crippen LogP contribution in [0.2, 0.25) is 0 Å². The lowest BCUT2D eigenvalue weighted by Crippen LogP contribution is -2.19. The molecule has 0 atom stereocenters. The van der Waals surface area contributed by atoms with Crippen LogP contribution in [0.1, 0.15) is 5.56 Å². The van der Waals surface area contributed by atoms with Crippen LogP contribution in [0.4, 0.5) is 0 Å². The number of aldehydes is 1. The van der Waals surface area contributed by atoms with Gasteiger partial charge in [0, 0.05) is 0 Å². The first-order chi connectivity index (χ1) is 7.79. The van der Waals surface area contributed by atoms with E-state index in [-0.39, 0.29) is 5.69 Å². The van der Waals surface area contributed by atoms with Gasteiger partial charge in [-0.15, -0.1) is 0 Å². The van der Waals surface area contributed by atoms with E-state index in [9.17, 15) is 9.59 Å². The molecule has 0 radical (unpaired) electrons. The molecule has 0 aliphatic carbocycles. The minimum absolute atomic E-state index is 0.189. The van der Waals surface area contributed by atoms with Crippen LogP contribution >= 0.6 is 0 Å². The number of aromatic nitrogens is 2. The van der Waals surface area contributed by atoms with Gasteiger partial charge in [0.25, 0.3) is 0 Å². The maximum absolute atomic E-state index is 11.0. The molecule has 2 rings (SSSR count). The van der Waals surface area contributed by atoms with Gasteiger partial charge in [0.05, 0.1) is 17.6 Å². The molecule has 5 heteroatoms. The smallest absolute Gasteiger partial charge is 0.310 e. The van der Waals surface area contributed by atoms with Crippen molar-refractivity contribution in [3.63, 3.8) is 0 Å². The standard InChI is InChI=1S/C11H13N3O2/c15-6-5-12-4-3-8-1-2-9-10(7-8)14-11(16)13-9/h1-2,6-7,12H,3-5H2,(H2,13,14,16). The van der Waals surface area contributed by atoms with E-state index in [2.05, 4.69) is 15.3 Å². The van der Waals surface area contributed by atoms with Gasteiger partial charge in [-0.1, -0.05) is 6.07 Å². The number of hydrogen-bond acceptors (Lipinski definition) is 3. The van der Waals surface area contributed by atoms with Crippen LogP contribution in [0.5, 0.6) is 0 Å². The summed E-state index contributed by atoms with van der Waals surface area (Å²) in [6.45, 7) is 1.13. The Morgan fingerprint density at radius 2 is 2.06 bits per heavy atom. The number of carbonyl (C=O) groups excluding carboxylic acids is 1. The zero-order valence-electron chi connectivity index (χ0n) is 8.75. The molecule has 0 spiro atoms. The quantitative estimate of drug-likeness (QED) is 0.496. The summed E-state index contributed by atoms with van der Waals surface area (Å²) in [4.78, 5) is 26.5. The number of aromatic amines is 2. The number of hydrogen-bond donors (Lipinski definition) is 3. The van der Waals surface area contributed by atoms with Crippen molar-refractivity contribution >= 4 is 17.3 Å².